The van der Waals surface area contributed by atoms with Crippen molar-refractivity contribution in [3.63, 3.8) is 0 Å². The second kappa shape index (κ2) is 5.88. The van der Waals surface area contributed by atoms with Crippen LogP contribution in [0.15, 0.2) is 0 Å². The number of carbonyl (C=O) groups is 1. The Morgan fingerprint density at radius 1 is 1.44 bits per heavy atom. The first-order valence-electron chi connectivity index (χ1n) is 6.99. The number of rotatable bonds is 4. The summed E-state index contributed by atoms with van der Waals surface area (Å²) < 4.78 is 11.0. The normalized spacial score (nSPS) is 22.3. The predicted molar refractivity (Wildman–Crippen MR) is 79.2 cm³/mol. The Hall–Kier alpha value is -0.140. The van der Waals surface area contributed by atoms with Crippen molar-refractivity contribution >= 4 is 13.0 Å². The Morgan fingerprint density at radius 2 is 2.06 bits per heavy atom. The molecule has 0 radical (unpaired) electrons. The van der Waals surface area contributed by atoms with E-state index in [4.69, 9.17) is 9.47 Å². The van der Waals surface area contributed by atoms with E-state index >= 15 is 0 Å². The molecule has 1 saturated heterocycles. The summed E-state index contributed by atoms with van der Waals surface area (Å²) in [6, 6.07) is 0. The molecule has 1 unspecified atom stereocenters. The fourth-order valence-corrected chi connectivity index (χ4v) is 5.82. The van der Waals surface area contributed by atoms with Gasteiger partial charge in [0.25, 0.3) is 0 Å². The second-order valence-corrected chi connectivity index (χ2v) is 12.0. The molecule has 0 aliphatic carbocycles. The standard InChI is InChI=1S/C14H29O3P/c1-11(2)10-18(6,14(3,4)5)13(15)17-12-8-7-9-16-12/h11-12,18H,7-10H2,1-6H3. The van der Waals surface area contributed by atoms with Gasteiger partial charge in [-0.15, -0.1) is 0 Å². The molecule has 0 aromatic heterocycles. The Balaban J connectivity index is 2.78. The van der Waals surface area contributed by atoms with Crippen molar-refractivity contribution in [3.8, 4) is 0 Å². The quantitative estimate of drug-likeness (QED) is 0.725. The van der Waals surface area contributed by atoms with Gasteiger partial charge in [0.2, 0.25) is 0 Å². The molecule has 0 N–H and O–H groups in total. The van der Waals surface area contributed by atoms with E-state index in [0.29, 0.717) is 5.92 Å². The van der Waals surface area contributed by atoms with Gasteiger partial charge in [-0.25, -0.2) is 0 Å². The van der Waals surface area contributed by atoms with Crippen LogP contribution in [0.4, 0.5) is 4.79 Å². The van der Waals surface area contributed by atoms with Crippen molar-refractivity contribution < 1.29 is 14.3 Å². The number of hydrogen-bond acceptors (Lipinski definition) is 3. The average Bonchev–Trinajstić information content (AvgIpc) is 2.67. The molecule has 0 aromatic rings. The Labute approximate surface area is 112 Å². The maximum absolute atomic E-state index is 12.6. The summed E-state index contributed by atoms with van der Waals surface area (Å²) in [7, 11) is -2.13. The Bertz CT molecular complexity index is 290. The fourth-order valence-electron chi connectivity index (χ4n) is 2.40. The van der Waals surface area contributed by atoms with E-state index in [0.717, 1.165) is 25.6 Å². The van der Waals surface area contributed by atoms with E-state index in [9.17, 15) is 4.79 Å². The number of hydrogen-bond donors (Lipinski definition) is 0. The molecule has 1 heterocycles. The van der Waals surface area contributed by atoms with Crippen molar-refractivity contribution in [2.45, 2.75) is 58.9 Å². The van der Waals surface area contributed by atoms with Crippen molar-refractivity contribution in [1.82, 2.24) is 0 Å². The van der Waals surface area contributed by atoms with Crippen LogP contribution in [0.25, 0.3) is 0 Å². The molecule has 0 saturated carbocycles. The minimum atomic E-state index is -2.13. The van der Waals surface area contributed by atoms with E-state index < -0.39 is 7.26 Å². The zero-order chi connectivity index (χ0) is 14.0. The summed E-state index contributed by atoms with van der Waals surface area (Å²) in [6.45, 7) is 13.7. The summed E-state index contributed by atoms with van der Waals surface area (Å²) in [5.41, 5.74) is 0.0237. The number of carbonyl (C=O) groups excluding carboxylic acids is 1. The monoisotopic (exact) mass is 276 g/mol. The van der Waals surface area contributed by atoms with Gasteiger partial charge in [-0.2, -0.15) is 0 Å². The van der Waals surface area contributed by atoms with Crippen molar-refractivity contribution in [1.29, 1.82) is 0 Å². The van der Waals surface area contributed by atoms with Crippen LogP contribution >= 0.6 is 7.26 Å². The van der Waals surface area contributed by atoms with Crippen LogP contribution in [-0.2, 0) is 9.47 Å². The van der Waals surface area contributed by atoms with E-state index in [1.807, 2.05) is 0 Å². The summed E-state index contributed by atoms with van der Waals surface area (Å²) >= 11 is 0. The molecule has 1 rings (SSSR count). The Morgan fingerprint density at radius 3 is 2.44 bits per heavy atom. The predicted octanol–water partition coefficient (Wildman–Crippen LogP) is 4.09. The van der Waals surface area contributed by atoms with Gasteiger partial charge in [0.05, 0.1) is 0 Å². The molecular weight excluding hydrogens is 247 g/mol. The zero-order valence-electron chi connectivity index (χ0n) is 12.7. The van der Waals surface area contributed by atoms with Crippen LogP contribution in [-0.4, -0.2) is 36.6 Å². The summed E-state index contributed by atoms with van der Waals surface area (Å²) in [5.74, 6) is 0.526. The van der Waals surface area contributed by atoms with Crippen molar-refractivity contribution in [2.75, 3.05) is 19.4 Å². The van der Waals surface area contributed by atoms with Gasteiger partial charge < -0.3 is 0 Å². The minimum absolute atomic E-state index is 0.0208. The number of ether oxygens (including phenoxy) is 2. The molecule has 4 heteroatoms. The van der Waals surface area contributed by atoms with Crippen molar-refractivity contribution in [3.05, 3.63) is 0 Å². The van der Waals surface area contributed by atoms with Crippen LogP contribution < -0.4 is 0 Å². The van der Waals surface area contributed by atoms with Gasteiger partial charge in [0.15, 0.2) is 0 Å². The Kier molecular flexibility index (Phi) is 5.20. The topological polar surface area (TPSA) is 35.5 Å². The second-order valence-electron chi connectivity index (χ2n) is 7.03. The van der Waals surface area contributed by atoms with E-state index in [1.165, 1.54) is 0 Å². The molecule has 3 nitrogen and oxygen atoms in total. The molecule has 1 atom stereocenters. The van der Waals surface area contributed by atoms with Gasteiger partial charge in [-0.1, -0.05) is 0 Å². The molecule has 0 spiro atoms. The zero-order valence-corrected chi connectivity index (χ0v) is 13.7. The molecular formula is C14H29O3P. The van der Waals surface area contributed by atoms with Gasteiger partial charge >= 0.3 is 111 Å². The first kappa shape index (κ1) is 15.9. The summed E-state index contributed by atoms with van der Waals surface area (Å²) in [6.07, 6.45) is 2.53. The van der Waals surface area contributed by atoms with Gasteiger partial charge in [0, 0.05) is 0 Å². The molecule has 0 bridgehead atoms. The van der Waals surface area contributed by atoms with Crippen molar-refractivity contribution in [2.24, 2.45) is 5.92 Å². The first-order chi connectivity index (χ1) is 8.17. The van der Waals surface area contributed by atoms with E-state index in [1.54, 1.807) is 0 Å². The molecule has 0 amide bonds. The SMILES string of the molecule is CC(C)C[PH](C)(C(=O)OC1CCCO1)C(C)(C)C. The van der Waals surface area contributed by atoms with Gasteiger partial charge in [0.1, 0.15) is 0 Å². The van der Waals surface area contributed by atoms with Crippen LogP contribution in [0.2, 0.25) is 0 Å². The summed E-state index contributed by atoms with van der Waals surface area (Å²) in [5, 5.41) is 0.0208. The van der Waals surface area contributed by atoms with E-state index in [-0.39, 0.29) is 17.2 Å². The first-order valence-corrected chi connectivity index (χ1v) is 9.70. The fraction of sp³-hybridized carbons (Fsp3) is 0.929. The summed E-state index contributed by atoms with van der Waals surface area (Å²) in [4.78, 5) is 12.6. The molecule has 18 heavy (non-hydrogen) atoms. The molecule has 0 aromatic carbocycles. The molecule has 1 fully saturated rings. The molecule has 1 aliphatic rings. The van der Waals surface area contributed by atoms with Crippen LogP contribution in [0.5, 0.6) is 0 Å². The van der Waals surface area contributed by atoms with Gasteiger partial charge in [-0.3, -0.25) is 0 Å². The van der Waals surface area contributed by atoms with E-state index in [2.05, 4.69) is 41.3 Å². The third kappa shape index (κ3) is 3.68. The van der Waals surface area contributed by atoms with Crippen LogP contribution in [0, 0.1) is 5.92 Å². The molecule has 108 valence electrons. The van der Waals surface area contributed by atoms with Crippen LogP contribution in [0.1, 0.15) is 47.5 Å². The molecule has 1 aliphatic heterocycles. The third-order valence-corrected chi connectivity index (χ3v) is 10.0. The third-order valence-electron chi connectivity index (χ3n) is 4.05. The maximum atomic E-state index is 12.6. The van der Waals surface area contributed by atoms with Gasteiger partial charge in [-0.05, 0) is 0 Å². The average molecular weight is 276 g/mol. The van der Waals surface area contributed by atoms with Crippen LogP contribution in [0.3, 0.4) is 0 Å².